The third kappa shape index (κ3) is 4.71. The van der Waals surface area contributed by atoms with E-state index in [-0.39, 0.29) is 5.91 Å². The molecule has 0 saturated carbocycles. The van der Waals surface area contributed by atoms with Crippen molar-refractivity contribution in [3.05, 3.63) is 53.4 Å². The minimum absolute atomic E-state index is 0.335. The van der Waals surface area contributed by atoms with Crippen LogP contribution in [0.15, 0.2) is 47.8 Å². The average molecular weight is 448 g/mol. The van der Waals surface area contributed by atoms with Gasteiger partial charge in [0.2, 0.25) is 10.0 Å². The molecule has 8 nitrogen and oxygen atoms in total. The predicted octanol–water partition coefficient (Wildman–Crippen LogP) is 3.48. The SMILES string of the molecule is COc1ccc(OC)c(C(=O)Nc2nc(-c3ccc(N(C)S(C)(=O)=O)cc3)cs2)c1. The van der Waals surface area contributed by atoms with Crippen molar-refractivity contribution < 1.29 is 22.7 Å². The number of hydrogen-bond donors (Lipinski definition) is 1. The predicted molar refractivity (Wildman–Crippen MR) is 118 cm³/mol. The number of ether oxygens (including phenoxy) is 2. The van der Waals surface area contributed by atoms with Gasteiger partial charge in [-0.2, -0.15) is 0 Å². The summed E-state index contributed by atoms with van der Waals surface area (Å²) in [6, 6.07) is 11.9. The Labute approximate surface area is 179 Å². The number of nitrogens with zero attached hydrogens (tertiary/aromatic N) is 2. The summed E-state index contributed by atoms with van der Waals surface area (Å²) in [5.41, 5.74) is 2.36. The number of hydrogen-bond acceptors (Lipinski definition) is 7. The Morgan fingerprint density at radius 2 is 1.80 bits per heavy atom. The molecule has 0 saturated heterocycles. The van der Waals surface area contributed by atoms with Crippen LogP contribution >= 0.6 is 11.3 Å². The molecule has 0 bridgehead atoms. The van der Waals surface area contributed by atoms with Gasteiger partial charge in [-0.05, 0) is 30.3 Å². The van der Waals surface area contributed by atoms with E-state index in [1.165, 1.54) is 36.9 Å². The van der Waals surface area contributed by atoms with E-state index in [1.807, 2.05) is 5.38 Å². The lowest BCUT2D eigenvalue weighted by molar-refractivity contribution is 0.102. The summed E-state index contributed by atoms with van der Waals surface area (Å²) in [6.45, 7) is 0. The maximum absolute atomic E-state index is 12.7. The van der Waals surface area contributed by atoms with Crippen molar-refractivity contribution in [1.29, 1.82) is 0 Å². The number of benzene rings is 2. The van der Waals surface area contributed by atoms with Crippen molar-refractivity contribution in [3.63, 3.8) is 0 Å². The Kier molecular flexibility index (Phi) is 6.28. The Balaban J connectivity index is 1.78. The molecule has 1 aromatic heterocycles. The molecule has 10 heteroatoms. The van der Waals surface area contributed by atoms with Crippen molar-refractivity contribution in [3.8, 4) is 22.8 Å². The molecule has 0 spiro atoms. The summed E-state index contributed by atoms with van der Waals surface area (Å²) in [6.07, 6.45) is 1.15. The highest BCUT2D eigenvalue weighted by Crippen LogP contribution is 2.29. The highest BCUT2D eigenvalue weighted by Gasteiger charge is 2.16. The van der Waals surface area contributed by atoms with Gasteiger partial charge < -0.3 is 9.47 Å². The number of carbonyl (C=O) groups excluding carboxylic acids is 1. The van der Waals surface area contributed by atoms with Gasteiger partial charge in [0.25, 0.3) is 5.91 Å². The lowest BCUT2D eigenvalue weighted by atomic mass is 10.1. The normalized spacial score (nSPS) is 11.1. The number of aromatic nitrogens is 1. The van der Waals surface area contributed by atoms with Crippen LogP contribution in [0.1, 0.15) is 10.4 Å². The first-order chi connectivity index (χ1) is 14.2. The van der Waals surface area contributed by atoms with Crippen molar-refractivity contribution in [2.24, 2.45) is 0 Å². The Bertz CT molecular complexity index is 1160. The average Bonchev–Trinajstić information content (AvgIpc) is 3.20. The van der Waals surface area contributed by atoms with Gasteiger partial charge in [0, 0.05) is 18.0 Å². The fourth-order valence-corrected chi connectivity index (χ4v) is 3.87. The Morgan fingerprint density at radius 3 is 2.40 bits per heavy atom. The molecule has 1 N–H and O–H groups in total. The molecule has 2 aromatic carbocycles. The molecule has 3 aromatic rings. The van der Waals surface area contributed by atoms with Crippen LogP contribution in [0, 0.1) is 0 Å². The van der Waals surface area contributed by atoms with E-state index in [0.717, 1.165) is 11.8 Å². The molecule has 1 amide bonds. The first kappa shape index (κ1) is 21.6. The van der Waals surface area contributed by atoms with Crippen molar-refractivity contribution in [1.82, 2.24) is 4.98 Å². The highest BCUT2D eigenvalue weighted by molar-refractivity contribution is 7.92. The molecular weight excluding hydrogens is 426 g/mol. The van der Waals surface area contributed by atoms with Crippen molar-refractivity contribution in [2.75, 3.05) is 37.1 Å². The molecule has 0 aliphatic heterocycles. The van der Waals surface area contributed by atoms with E-state index in [9.17, 15) is 13.2 Å². The van der Waals surface area contributed by atoms with E-state index < -0.39 is 10.0 Å². The first-order valence-corrected chi connectivity index (χ1v) is 11.5. The minimum atomic E-state index is -3.33. The van der Waals surface area contributed by atoms with Gasteiger partial charge in [-0.15, -0.1) is 11.3 Å². The number of carbonyl (C=O) groups is 1. The molecule has 0 unspecified atom stereocenters. The monoisotopic (exact) mass is 447 g/mol. The summed E-state index contributed by atoms with van der Waals surface area (Å²) < 4.78 is 34.9. The highest BCUT2D eigenvalue weighted by atomic mass is 32.2. The van der Waals surface area contributed by atoms with Crippen LogP contribution in [-0.4, -0.2) is 46.8 Å². The van der Waals surface area contributed by atoms with Crippen LogP contribution in [0.3, 0.4) is 0 Å². The summed E-state index contributed by atoms with van der Waals surface area (Å²) in [5, 5.41) is 5.01. The van der Waals surface area contributed by atoms with Crippen molar-refractivity contribution in [2.45, 2.75) is 0 Å². The van der Waals surface area contributed by atoms with Gasteiger partial charge in [-0.25, -0.2) is 13.4 Å². The second-order valence-electron chi connectivity index (χ2n) is 6.34. The van der Waals surface area contributed by atoms with E-state index in [2.05, 4.69) is 10.3 Å². The molecule has 0 fully saturated rings. The number of nitrogens with one attached hydrogen (secondary N) is 1. The largest absolute Gasteiger partial charge is 0.497 e. The van der Waals surface area contributed by atoms with Crippen LogP contribution in [0.25, 0.3) is 11.3 Å². The van der Waals surface area contributed by atoms with E-state index >= 15 is 0 Å². The maximum Gasteiger partial charge on any atom is 0.261 e. The van der Waals surface area contributed by atoms with Crippen LogP contribution in [-0.2, 0) is 10.0 Å². The third-order valence-corrected chi connectivity index (χ3v) is 6.36. The zero-order valence-electron chi connectivity index (χ0n) is 16.9. The molecule has 0 aliphatic rings. The van der Waals surface area contributed by atoms with Gasteiger partial charge >= 0.3 is 0 Å². The maximum atomic E-state index is 12.7. The van der Waals surface area contributed by atoms with Crippen LogP contribution in [0.2, 0.25) is 0 Å². The van der Waals surface area contributed by atoms with Gasteiger partial charge in [0.1, 0.15) is 11.5 Å². The number of rotatable bonds is 7. The summed E-state index contributed by atoms with van der Waals surface area (Å²) in [5.74, 6) is 0.604. The quantitative estimate of drug-likeness (QED) is 0.596. The fourth-order valence-electron chi connectivity index (χ4n) is 2.65. The number of sulfonamides is 1. The number of thiazole rings is 1. The first-order valence-electron chi connectivity index (χ1n) is 8.76. The fraction of sp³-hybridized carbons (Fsp3) is 0.200. The standard InChI is InChI=1S/C20H21N3O5S2/c1-23(30(4,25)26)14-7-5-13(6-8-14)17-12-29-20(21-17)22-19(24)16-11-15(27-2)9-10-18(16)28-3/h5-12H,1-4H3,(H,21,22,24). The summed E-state index contributed by atoms with van der Waals surface area (Å²) >= 11 is 1.28. The third-order valence-electron chi connectivity index (χ3n) is 4.40. The molecule has 0 radical (unpaired) electrons. The van der Waals surface area contributed by atoms with Crippen LogP contribution < -0.4 is 19.1 Å². The smallest absolute Gasteiger partial charge is 0.261 e. The molecule has 3 rings (SSSR count). The Morgan fingerprint density at radius 1 is 1.10 bits per heavy atom. The van der Waals surface area contributed by atoms with E-state index in [1.54, 1.807) is 42.5 Å². The van der Waals surface area contributed by atoms with E-state index in [4.69, 9.17) is 9.47 Å². The second-order valence-corrected chi connectivity index (χ2v) is 9.21. The van der Waals surface area contributed by atoms with E-state index in [0.29, 0.717) is 33.6 Å². The molecule has 1 heterocycles. The lowest BCUT2D eigenvalue weighted by Crippen LogP contribution is -2.24. The minimum Gasteiger partial charge on any atom is -0.497 e. The molecule has 30 heavy (non-hydrogen) atoms. The summed E-state index contributed by atoms with van der Waals surface area (Å²) in [4.78, 5) is 17.1. The van der Waals surface area contributed by atoms with Crippen LogP contribution in [0.5, 0.6) is 11.5 Å². The lowest BCUT2D eigenvalue weighted by Gasteiger charge is -2.16. The molecule has 158 valence electrons. The number of amides is 1. The Hall–Kier alpha value is -3.11. The molecule has 0 atom stereocenters. The molecule has 0 aliphatic carbocycles. The van der Waals surface area contributed by atoms with Crippen molar-refractivity contribution >= 4 is 38.1 Å². The van der Waals surface area contributed by atoms with Crippen LogP contribution in [0.4, 0.5) is 10.8 Å². The topological polar surface area (TPSA) is 97.8 Å². The zero-order chi connectivity index (χ0) is 21.9. The number of anilines is 2. The van der Waals surface area contributed by atoms with Gasteiger partial charge in [-0.1, -0.05) is 12.1 Å². The summed E-state index contributed by atoms with van der Waals surface area (Å²) in [7, 11) is 1.18. The van der Waals surface area contributed by atoms with Gasteiger partial charge in [-0.3, -0.25) is 14.4 Å². The molecular formula is C20H21N3O5S2. The second kappa shape index (κ2) is 8.72. The number of methoxy groups -OCH3 is 2. The van der Waals surface area contributed by atoms with Gasteiger partial charge in [0.15, 0.2) is 5.13 Å². The van der Waals surface area contributed by atoms with Gasteiger partial charge in [0.05, 0.1) is 37.4 Å². The zero-order valence-corrected chi connectivity index (χ0v) is 18.5.